The lowest BCUT2D eigenvalue weighted by Gasteiger charge is -2.10. The predicted molar refractivity (Wildman–Crippen MR) is 73.7 cm³/mol. The summed E-state index contributed by atoms with van der Waals surface area (Å²) in [5, 5.41) is 6.29. The molecule has 0 aliphatic carbocycles. The zero-order valence-corrected chi connectivity index (χ0v) is 11.1. The monoisotopic (exact) mass is 312 g/mol. The van der Waals surface area contributed by atoms with Crippen LogP contribution in [0.15, 0.2) is 30.3 Å². The Morgan fingerprint density at radius 1 is 1.14 bits per heavy atom. The first-order valence-electron chi connectivity index (χ1n) is 5.84. The van der Waals surface area contributed by atoms with Gasteiger partial charge < -0.3 is 5.73 Å². The van der Waals surface area contributed by atoms with Gasteiger partial charge in [0.05, 0.1) is 16.6 Å². The second-order valence-corrected chi connectivity index (χ2v) is 4.83. The summed E-state index contributed by atoms with van der Waals surface area (Å²) in [4.78, 5) is 4.10. The maximum absolute atomic E-state index is 13.2. The number of rotatable bonds is 1. The number of aromatic amines is 1. The molecule has 0 aliphatic rings. The molecule has 3 rings (SSSR count). The Hall–Kier alpha value is -2.28. The van der Waals surface area contributed by atoms with E-state index in [1.807, 2.05) is 0 Å². The molecule has 4 nitrogen and oxygen atoms in total. The number of nitrogens with two attached hydrogens (primary N) is 1. The number of fused-ring (bicyclic) bond motifs is 1. The van der Waals surface area contributed by atoms with E-state index in [0.29, 0.717) is 10.6 Å². The molecule has 0 saturated carbocycles. The number of benzene rings is 1. The van der Waals surface area contributed by atoms with Crippen LogP contribution < -0.4 is 5.73 Å². The molecule has 2 heterocycles. The van der Waals surface area contributed by atoms with E-state index in [4.69, 9.17) is 17.3 Å². The molecule has 0 atom stereocenters. The van der Waals surface area contributed by atoms with E-state index in [1.54, 1.807) is 24.3 Å². The van der Waals surface area contributed by atoms with E-state index in [1.165, 1.54) is 0 Å². The standard InChI is InChI=1S/C13H8ClF3N4/c14-7-3-1-6(2-4-7)9-5-8(13(15,16)17)10-11(18)20-21-12(10)19-9/h1-5H,(H3,18,19,20,21). The fourth-order valence-corrected chi connectivity index (χ4v) is 2.17. The van der Waals surface area contributed by atoms with E-state index in [2.05, 4.69) is 15.2 Å². The summed E-state index contributed by atoms with van der Waals surface area (Å²) < 4.78 is 39.6. The molecule has 0 amide bonds. The van der Waals surface area contributed by atoms with Crippen LogP contribution in [0.3, 0.4) is 0 Å². The van der Waals surface area contributed by atoms with Crippen LogP contribution in [-0.2, 0) is 6.18 Å². The average molecular weight is 313 g/mol. The van der Waals surface area contributed by atoms with E-state index in [0.717, 1.165) is 6.07 Å². The molecule has 0 radical (unpaired) electrons. The predicted octanol–water partition coefficient (Wildman–Crippen LogP) is 3.88. The number of nitrogen functional groups attached to an aromatic ring is 1. The smallest absolute Gasteiger partial charge is 0.383 e. The summed E-state index contributed by atoms with van der Waals surface area (Å²) in [6.45, 7) is 0. The fourth-order valence-electron chi connectivity index (χ4n) is 2.04. The molecule has 0 fully saturated rings. The molecule has 0 saturated heterocycles. The minimum Gasteiger partial charge on any atom is -0.383 e. The first-order valence-corrected chi connectivity index (χ1v) is 6.22. The van der Waals surface area contributed by atoms with Gasteiger partial charge in [-0.3, -0.25) is 5.10 Å². The number of aromatic nitrogens is 3. The lowest BCUT2D eigenvalue weighted by molar-refractivity contribution is -0.136. The zero-order valence-electron chi connectivity index (χ0n) is 10.4. The number of halogens is 4. The molecule has 0 bridgehead atoms. The van der Waals surface area contributed by atoms with Gasteiger partial charge in [-0.15, -0.1) is 0 Å². The van der Waals surface area contributed by atoms with Crippen LogP contribution in [0.25, 0.3) is 22.3 Å². The quantitative estimate of drug-likeness (QED) is 0.716. The van der Waals surface area contributed by atoms with E-state index in [9.17, 15) is 13.2 Å². The van der Waals surface area contributed by atoms with Crippen LogP contribution in [0.2, 0.25) is 5.02 Å². The Bertz CT molecular complexity index is 809. The van der Waals surface area contributed by atoms with E-state index in [-0.39, 0.29) is 22.5 Å². The topological polar surface area (TPSA) is 67.6 Å². The van der Waals surface area contributed by atoms with Crippen molar-refractivity contribution in [3.05, 3.63) is 40.9 Å². The van der Waals surface area contributed by atoms with Gasteiger partial charge in [-0.25, -0.2) is 4.98 Å². The molecule has 1 aromatic carbocycles. The maximum Gasteiger partial charge on any atom is 0.417 e. The second kappa shape index (κ2) is 4.63. The number of pyridine rings is 1. The van der Waals surface area contributed by atoms with Gasteiger partial charge in [-0.1, -0.05) is 23.7 Å². The van der Waals surface area contributed by atoms with Crippen molar-refractivity contribution in [2.75, 3.05) is 5.73 Å². The largest absolute Gasteiger partial charge is 0.417 e. The van der Waals surface area contributed by atoms with Crippen LogP contribution in [0, 0.1) is 0 Å². The lowest BCUT2D eigenvalue weighted by Crippen LogP contribution is -2.07. The summed E-state index contributed by atoms with van der Waals surface area (Å²) >= 11 is 5.77. The highest BCUT2D eigenvalue weighted by molar-refractivity contribution is 6.30. The Labute approximate surface area is 121 Å². The highest BCUT2D eigenvalue weighted by Gasteiger charge is 2.35. The molecule has 0 spiro atoms. The Kier molecular flexibility index (Phi) is 3.02. The first-order chi connectivity index (χ1) is 9.86. The van der Waals surface area contributed by atoms with Gasteiger partial charge in [0.1, 0.15) is 5.82 Å². The van der Waals surface area contributed by atoms with Gasteiger partial charge in [-0.05, 0) is 18.2 Å². The average Bonchev–Trinajstić information content (AvgIpc) is 2.79. The Morgan fingerprint density at radius 3 is 2.43 bits per heavy atom. The van der Waals surface area contributed by atoms with Crippen molar-refractivity contribution in [1.29, 1.82) is 0 Å². The molecule has 0 aliphatic heterocycles. The fraction of sp³-hybridized carbons (Fsp3) is 0.0769. The normalized spacial score (nSPS) is 12.0. The summed E-state index contributed by atoms with van der Waals surface area (Å²) in [7, 11) is 0. The van der Waals surface area contributed by atoms with Crippen LogP contribution in [-0.4, -0.2) is 15.2 Å². The van der Waals surface area contributed by atoms with Gasteiger partial charge >= 0.3 is 6.18 Å². The van der Waals surface area contributed by atoms with Gasteiger partial charge in [-0.2, -0.15) is 18.3 Å². The molecule has 2 aromatic heterocycles. The van der Waals surface area contributed by atoms with Crippen molar-refractivity contribution in [2.24, 2.45) is 0 Å². The highest BCUT2D eigenvalue weighted by atomic mass is 35.5. The molecule has 0 unspecified atom stereocenters. The summed E-state index contributed by atoms with van der Waals surface area (Å²) in [6, 6.07) is 7.29. The van der Waals surface area contributed by atoms with E-state index < -0.39 is 11.7 Å². The zero-order chi connectivity index (χ0) is 15.2. The number of anilines is 1. The van der Waals surface area contributed by atoms with Gasteiger partial charge in [0.2, 0.25) is 0 Å². The van der Waals surface area contributed by atoms with Crippen molar-refractivity contribution in [1.82, 2.24) is 15.2 Å². The van der Waals surface area contributed by atoms with Crippen molar-refractivity contribution in [3.63, 3.8) is 0 Å². The third-order valence-corrected chi connectivity index (χ3v) is 3.25. The molecule has 3 aromatic rings. The number of nitrogens with zero attached hydrogens (tertiary/aromatic N) is 2. The molecule has 8 heteroatoms. The minimum absolute atomic E-state index is 0.0766. The molecule has 21 heavy (non-hydrogen) atoms. The number of hydrogen-bond donors (Lipinski definition) is 2. The molecular formula is C13H8ClF3N4. The first kappa shape index (κ1) is 13.7. The third kappa shape index (κ3) is 2.40. The van der Waals surface area contributed by atoms with Crippen molar-refractivity contribution >= 4 is 28.5 Å². The number of nitrogens with one attached hydrogen (secondary N) is 1. The van der Waals surface area contributed by atoms with E-state index >= 15 is 0 Å². The van der Waals surface area contributed by atoms with Crippen molar-refractivity contribution in [2.45, 2.75) is 6.18 Å². The Morgan fingerprint density at radius 2 is 1.81 bits per heavy atom. The SMILES string of the molecule is Nc1[nH]nc2nc(-c3ccc(Cl)cc3)cc(C(F)(F)F)c12. The van der Waals surface area contributed by atoms with Crippen LogP contribution >= 0.6 is 11.6 Å². The molecule has 108 valence electrons. The van der Waals surface area contributed by atoms with Crippen molar-refractivity contribution in [3.8, 4) is 11.3 Å². The number of hydrogen-bond acceptors (Lipinski definition) is 3. The van der Waals surface area contributed by atoms with Gasteiger partial charge in [0.15, 0.2) is 5.65 Å². The lowest BCUT2D eigenvalue weighted by atomic mass is 10.1. The van der Waals surface area contributed by atoms with Crippen LogP contribution in [0.1, 0.15) is 5.56 Å². The Balaban J connectivity index is 2.28. The maximum atomic E-state index is 13.2. The number of H-pyrrole nitrogens is 1. The van der Waals surface area contributed by atoms with Crippen LogP contribution in [0.5, 0.6) is 0 Å². The third-order valence-electron chi connectivity index (χ3n) is 3.00. The van der Waals surface area contributed by atoms with Gasteiger partial charge in [0.25, 0.3) is 0 Å². The highest BCUT2D eigenvalue weighted by Crippen LogP contribution is 2.38. The summed E-state index contributed by atoms with van der Waals surface area (Å²) in [5.74, 6) is -0.160. The van der Waals surface area contributed by atoms with Gasteiger partial charge in [0, 0.05) is 10.6 Å². The number of alkyl halides is 3. The second-order valence-electron chi connectivity index (χ2n) is 4.40. The molecule has 3 N–H and O–H groups in total. The van der Waals surface area contributed by atoms with Crippen LogP contribution in [0.4, 0.5) is 19.0 Å². The summed E-state index contributed by atoms with van der Waals surface area (Å²) in [6.07, 6.45) is -4.56. The minimum atomic E-state index is -4.56. The van der Waals surface area contributed by atoms with Crippen molar-refractivity contribution < 1.29 is 13.2 Å². The summed E-state index contributed by atoms with van der Waals surface area (Å²) in [5.41, 5.74) is 5.22. The molecular weight excluding hydrogens is 305 g/mol.